The molecule has 11 nitrogen and oxygen atoms in total. The molecule has 0 radical (unpaired) electrons. The molecule has 0 spiro atoms. The topological polar surface area (TPSA) is 134 Å². The summed E-state index contributed by atoms with van der Waals surface area (Å²) in [5.41, 5.74) is 5.84. The van der Waals surface area contributed by atoms with Crippen molar-refractivity contribution >= 4 is 39.1 Å². The quantitative estimate of drug-likeness (QED) is 0.162. The summed E-state index contributed by atoms with van der Waals surface area (Å²) in [6.07, 6.45) is 4.01. The predicted octanol–water partition coefficient (Wildman–Crippen LogP) is 6.68. The maximum Gasteiger partial charge on any atom is 0.255 e. The molecule has 2 aliphatic rings. The van der Waals surface area contributed by atoms with Crippen LogP contribution in [0.2, 0.25) is 0 Å². The van der Waals surface area contributed by atoms with Crippen molar-refractivity contribution in [2.24, 2.45) is 0 Å². The van der Waals surface area contributed by atoms with E-state index in [-0.39, 0.29) is 24.2 Å². The largest absolute Gasteiger partial charge is 0.473 e. The molecule has 0 saturated carbocycles. The number of nitriles is 1. The Morgan fingerprint density at radius 1 is 1.12 bits per heavy atom. The van der Waals surface area contributed by atoms with E-state index >= 15 is 0 Å². The third kappa shape index (κ3) is 6.73. The highest BCUT2D eigenvalue weighted by molar-refractivity contribution is 6.06. The number of aryl methyl sites for hydroxylation is 1. The van der Waals surface area contributed by atoms with Gasteiger partial charge in [0.05, 0.1) is 53.2 Å². The summed E-state index contributed by atoms with van der Waals surface area (Å²) < 4.78 is 42.8. The fourth-order valence-electron chi connectivity index (χ4n) is 6.61. The van der Waals surface area contributed by atoms with Gasteiger partial charge in [-0.15, -0.1) is 0 Å². The summed E-state index contributed by atoms with van der Waals surface area (Å²) in [4.78, 5) is 25.3. The Morgan fingerprint density at radius 3 is 2.77 bits per heavy atom. The lowest BCUT2D eigenvalue weighted by atomic mass is 10.0. The number of carbonyl (C=O) groups is 1. The van der Waals surface area contributed by atoms with Crippen LogP contribution in [-0.4, -0.2) is 61.3 Å². The van der Waals surface area contributed by atoms with E-state index in [1.807, 2.05) is 24.3 Å². The van der Waals surface area contributed by atoms with Crippen molar-refractivity contribution in [3.05, 3.63) is 118 Å². The van der Waals surface area contributed by atoms with Crippen LogP contribution in [0.5, 0.6) is 5.88 Å². The number of H-pyrrole nitrogens is 1. The fraction of sp³-hybridized carbons (Fsp3) is 0.256. The summed E-state index contributed by atoms with van der Waals surface area (Å²) in [6, 6.07) is 20.2. The summed E-state index contributed by atoms with van der Waals surface area (Å²) in [6.45, 7) is 5.26. The molecule has 3 aromatic carbocycles. The molecule has 0 aliphatic carbocycles. The second-order valence-corrected chi connectivity index (χ2v) is 13.0. The van der Waals surface area contributed by atoms with Gasteiger partial charge < -0.3 is 19.4 Å². The van der Waals surface area contributed by atoms with Crippen LogP contribution in [-0.2, 0) is 24.4 Å². The maximum atomic E-state index is 14.7. The zero-order valence-corrected chi connectivity index (χ0v) is 28.3. The number of amides is 1. The van der Waals surface area contributed by atoms with Crippen molar-refractivity contribution in [3.8, 4) is 11.9 Å². The van der Waals surface area contributed by atoms with Gasteiger partial charge in [-0.1, -0.05) is 18.2 Å². The second kappa shape index (κ2) is 14.0. The molecular weight excluding hydrogens is 666 g/mol. The van der Waals surface area contributed by atoms with Crippen molar-refractivity contribution in [2.45, 2.75) is 45.6 Å². The molecule has 262 valence electrons. The SMILES string of the molecule is Cc1n[nH]c2c(F)cc(NC(=O)c3ccc4c(c3)nc(CN3CC=C(c5cccc(OCc6ccc(C#N)cc6F)n5)CC3)n4C[C@@H]3CCO3)cc12. The zero-order chi connectivity index (χ0) is 35.8. The highest BCUT2D eigenvalue weighted by Gasteiger charge is 2.24. The first kappa shape index (κ1) is 33.2. The van der Waals surface area contributed by atoms with Crippen LogP contribution in [0.3, 0.4) is 0 Å². The van der Waals surface area contributed by atoms with E-state index in [2.05, 4.69) is 36.0 Å². The molecule has 2 aliphatic heterocycles. The Kier molecular flexibility index (Phi) is 8.92. The molecule has 0 unspecified atom stereocenters. The van der Waals surface area contributed by atoms with Crippen LogP contribution in [0.1, 0.15) is 51.5 Å². The number of anilines is 1. The lowest BCUT2D eigenvalue weighted by Crippen LogP contribution is -2.33. The van der Waals surface area contributed by atoms with Gasteiger partial charge in [0.2, 0.25) is 5.88 Å². The van der Waals surface area contributed by atoms with Crippen LogP contribution in [0.15, 0.2) is 72.8 Å². The monoisotopic (exact) mass is 700 g/mol. The van der Waals surface area contributed by atoms with Gasteiger partial charge in [0.15, 0.2) is 5.82 Å². The molecule has 0 bridgehead atoms. The minimum absolute atomic E-state index is 0.00185. The van der Waals surface area contributed by atoms with Crippen molar-refractivity contribution < 1.29 is 23.0 Å². The number of hydrogen-bond donors (Lipinski definition) is 2. The third-order valence-electron chi connectivity index (χ3n) is 9.61. The van der Waals surface area contributed by atoms with E-state index in [4.69, 9.17) is 19.7 Å². The summed E-state index contributed by atoms with van der Waals surface area (Å²) >= 11 is 0. The van der Waals surface area contributed by atoms with Crippen LogP contribution < -0.4 is 10.1 Å². The zero-order valence-electron chi connectivity index (χ0n) is 28.3. The molecule has 13 heteroatoms. The van der Waals surface area contributed by atoms with Crippen LogP contribution in [0, 0.1) is 29.9 Å². The number of imidazole rings is 1. The van der Waals surface area contributed by atoms with Crippen LogP contribution in [0.25, 0.3) is 27.5 Å². The molecule has 52 heavy (non-hydrogen) atoms. The standard InChI is InChI=1S/C39H34F2N8O3/c1-23-30-17-28(18-32(41)38(30)47-46-23)43-39(50)26-7-8-35-34(16-26)44-36(49(35)20-29-11-14-51-29)21-48-12-9-25(10-13-48)33-3-2-4-37(45-33)52-22-27-6-5-24(19-42)15-31(27)40/h2-9,15-18,29H,10-14,20-22H2,1H3,(H,43,50)(H,46,47)/t29-/m0/s1. The highest BCUT2D eigenvalue weighted by atomic mass is 19.1. The van der Waals surface area contributed by atoms with Crippen molar-refractivity contribution in [2.75, 3.05) is 25.0 Å². The lowest BCUT2D eigenvalue weighted by Gasteiger charge is -2.29. The number of benzene rings is 3. The molecule has 2 N–H and O–H groups in total. The number of pyridine rings is 1. The van der Waals surface area contributed by atoms with Crippen molar-refractivity contribution in [1.29, 1.82) is 5.26 Å². The number of nitrogens with one attached hydrogen (secondary N) is 2. The molecular formula is C39H34F2N8O3. The van der Waals surface area contributed by atoms with E-state index in [1.54, 1.807) is 43.3 Å². The van der Waals surface area contributed by atoms with Gasteiger partial charge in [0, 0.05) is 48.0 Å². The van der Waals surface area contributed by atoms with Gasteiger partial charge >= 0.3 is 0 Å². The number of nitrogens with zero attached hydrogens (tertiary/aromatic N) is 6. The number of aromatic nitrogens is 5. The molecule has 8 rings (SSSR count). The smallest absolute Gasteiger partial charge is 0.255 e. The Hall–Kier alpha value is -5.97. The number of rotatable bonds is 10. The Bertz CT molecular complexity index is 2410. The van der Waals surface area contributed by atoms with Crippen LogP contribution in [0.4, 0.5) is 14.5 Å². The molecule has 3 aromatic heterocycles. The van der Waals surface area contributed by atoms with Gasteiger partial charge in [-0.05, 0) is 73.9 Å². The number of ether oxygens (including phenoxy) is 2. The third-order valence-corrected chi connectivity index (χ3v) is 9.61. The Labute approximate surface area is 297 Å². The van der Waals surface area contributed by atoms with Gasteiger partial charge in [0.25, 0.3) is 5.91 Å². The highest BCUT2D eigenvalue weighted by Crippen LogP contribution is 2.28. The first-order valence-electron chi connectivity index (χ1n) is 17.1. The molecule has 1 amide bonds. The number of halogens is 2. The summed E-state index contributed by atoms with van der Waals surface area (Å²) in [5.74, 6) is -0.0638. The van der Waals surface area contributed by atoms with E-state index in [9.17, 15) is 13.6 Å². The number of fused-ring (bicyclic) bond motifs is 2. The van der Waals surface area contributed by atoms with Crippen molar-refractivity contribution in [3.63, 3.8) is 0 Å². The normalized spacial score (nSPS) is 16.0. The van der Waals surface area contributed by atoms with Gasteiger partial charge in [0.1, 0.15) is 23.8 Å². The summed E-state index contributed by atoms with van der Waals surface area (Å²) in [7, 11) is 0. The number of carbonyl (C=O) groups excluding carboxylic acids is 1. The average Bonchev–Trinajstić information content (AvgIpc) is 3.68. The van der Waals surface area contributed by atoms with E-state index in [1.165, 1.54) is 12.1 Å². The molecule has 6 aromatic rings. The Balaban J connectivity index is 0.965. The van der Waals surface area contributed by atoms with Crippen LogP contribution >= 0.6 is 0 Å². The minimum Gasteiger partial charge on any atom is -0.473 e. The molecule has 5 heterocycles. The first-order chi connectivity index (χ1) is 25.3. The Morgan fingerprint density at radius 2 is 2.00 bits per heavy atom. The van der Waals surface area contributed by atoms with E-state index in [0.29, 0.717) is 64.4 Å². The lowest BCUT2D eigenvalue weighted by molar-refractivity contribution is -0.0591. The fourth-order valence-corrected chi connectivity index (χ4v) is 6.61. The van der Waals surface area contributed by atoms with E-state index in [0.717, 1.165) is 48.6 Å². The average molecular weight is 701 g/mol. The predicted molar refractivity (Wildman–Crippen MR) is 190 cm³/mol. The summed E-state index contributed by atoms with van der Waals surface area (Å²) in [5, 5.41) is 19.2. The number of aromatic amines is 1. The first-order valence-corrected chi connectivity index (χ1v) is 17.1. The maximum absolute atomic E-state index is 14.7. The molecule has 1 fully saturated rings. The minimum atomic E-state index is -0.488. The second-order valence-electron chi connectivity index (χ2n) is 13.0. The van der Waals surface area contributed by atoms with E-state index < -0.39 is 11.6 Å². The van der Waals surface area contributed by atoms with Gasteiger partial charge in [-0.2, -0.15) is 10.4 Å². The van der Waals surface area contributed by atoms with Gasteiger partial charge in [-0.3, -0.25) is 14.8 Å². The molecule has 1 atom stereocenters. The van der Waals surface area contributed by atoms with Crippen molar-refractivity contribution in [1.82, 2.24) is 29.6 Å². The number of hydrogen-bond acceptors (Lipinski definition) is 8. The molecule has 1 saturated heterocycles. The van der Waals surface area contributed by atoms with Gasteiger partial charge in [-0.25, -0.2) is 18.7 Å².